The average Bonchev–Trinajstić information content (AvgIpc) is 2.29. The molecule has 0 aliphatic rings. The molecule has 0 bridgehead atoms. The van der Waals surface area contributed by atoms with Crippen molar-refractivity contribution in [3.8, 4) is 0 Å². The highest BCUT2D eigenvalue weighted by atomic mass is 32.2. The Bertz CT molecular complexity index is 246. The van der Waals surface area contributed by atoms with Gasteiger partial charge in [0.2, 0.25) is 0 Å². The molecule has 84 valence electrons. The van der Waals surface area contributed by atoms with E-state index in [-0.39, 0.29) is 0 Å². The molecule has 0 aliphatic heterocycles. The zero-order chi connectivity index (χ0) is 10.8. The lowest BCUT2D eigenvalue weighted by Crippen LogP contribution is -2.20. The van der Waals surface area contributed by atoms with E-state index in [1.807, 2.05) is 0 Å². The van der Waals surface area contributed by atoms with Crippen molar-refractivity contribution in [3.05, 3.63) is 18.6 Å². The van der Waals surface area contributed by atoms with Gasteiger partial charge in [0.05, 0.1) is 12.8 Å². The molecule has 0 unspecified atom stereocenters. The number of nitrogens with zero attached hydrogens (tertiary/aromatic N) is 2. The van der Waals surface area contributed by atoms with Crippen LogP contribution in [0.5, 0.6) is 0 Å². The van der Waals surface area contributed by atoms with Crippen LogP contribution in [0, 0.1) is 0 Å². The topological polar surface area (TPSA) is 47.0 Å². The summed E-state index contributed by atoms with van der Waals surface area (Å²) in [7, 11) is 1.71. The van der Waals surface area contributed by atoms with Crippen molar-refractivity contribution < 1.29 is 4.74 Å². The summed E-state index contributed by atoms with van der Waals surface area (Å²) >= 11 is 1.74. The zero-order valence-corrected chi connectivity index (χ0v) is 9.80. The van der Waals surface area contributed by atoms with Crippen LogP contribution in [-0.4, -0.2) is 42.5 Å². The quantitative estimate of drug-likeness (QED) is 0.534. The number of hydrogen-bond acceptors (Lipinski definition) is 5. The number of thioether (sulfide) groups is 1. The lowest BCUT2D eigenvalue weighted by Gasteiger charge is -2.03. The summed E-state index contributed by atoms with van der Waals surface area (Å²) in [5.41, 5.74) is 0. The number of methoxy groups -OCH3 is 1. The number of rotatable bonds is 8. The van der Waals surface area contributed by atoms with E-state index in [0.717, 1.165) is 36.9 Å². The lowest BCUT2D eigenvalue weighted by atomic mass is 10.5. The second kappa shape index (κ2) is 8.64. The summed E-state index contributed by atoms with van der Waals surface area (Å²) < 4.78 is 4.93. The van der Waals surface area contributed by atoms with Crippen molar-refractivity contribution in [3.63, 3.8) is 0 Å². The van der Waals surface area contributed by atoms with Crippen molar-refractivity contribution in [2.24, 2.45) is 0 Å². The van der Waals surface area contributed by atoms with Gasteiger partial charge in [0, 0.05) is 31.8 Å². The van der Waals surface area contributed by atoms with Crippen LogP contribution in [0.25, 0.3) is 0 Å². The standard InChI is InChI=1S/C10H17N3OS/c1-14-7-6-11-3-2-8-15-10-9-12-4-5-13-10/h4-5,9,11H,2-3,6-8H2,1H3. The first-order chi connectivity index (χ1) is 7.43. The molecule has 1 N–H and O–H groups in total. The Balaban J connectivity index is 1.93. The highest BCUT2D eigenvalue weighted by Gasteiger charge is 1.94. The largest absolute Gasteiger partial charge is 0.383 e. The van der Waals surface area contributed by atoms with Crippen LogP contribution in [0.15, 0.2) is 23.6 Å². The molecule has 0 saturated heterocycles. The Morgan fingerprint density at radius 1 is 1.40 bits per heavy atom. The van der Waals surface area contributed by atoms with Crippen LogP contribution in [0.3, 0.4) is 0 Å². The van der Waals surface area contributed by atoms with Crippen LogP contribution in [0.4, 0.5) is 0 Å². The number of nitrogens with one attached hydrogen (secondary N) is 1. The van der Waals surface area contributed by atoms with Crippen LogP contribution >= 0.6 is 11.8 Å². The normalized spacial score (nSPS) is 10.5. The molecule has 0 saturated carbocycles. The van der Waals surface area contributed by atoms with E-state index in [9.17, 15) is 0 Å². The maximum atomic E-state index is 4.93. The van der Waals surface area contributed by atoms with E-state index in [0.29, 0.717) is 0 Å². The van der Waals surface area contributed by atoms with Gasteiger partial charge in [0.1, 0.15) is 5.03 Å². The molecule has 0 spiro atoms. The van der Waals surface area contributed by atoms with E-state index >= 15 is 0 Å². The fraction of sp³-hybridized carbons (Fsp3) is 0.600. The first kappa shape index (κ1) is 12.4. The Labute approximate surface area is 94.8 Å². The van der Waals surface area contributed by atoms with Crippen molar-refractivity contribution >= 4 is 11.8 Å². The first-order valence-corrected chi connectivity index (χ1v) is 6.00. The molecule has 0 fully saturated rings. The fourth-order valence-electron chi connectivity index (χ4n) is 1.03. The number of hydrogen-bond donors (Lipinski definition) is 1. The van der Waals surface area contributed by atoms with Crippen LogP contribution in [0.1, 0.15) is 6.42 Å². The molecule has 5 heteroatoms. The van der Waals surface area contributed by atoms with Crippen molar-refractivity contribution in [2.45, 2.75) is 11.4 Å². The number of ether oxygens (including phenoxy) is 1. The molecule has 0 amide bonds. The third-order valence-corrected chi connectivity index (χ3v) is 2.77. The van der Waals surface area contributed by atoms with Gasteiger partial charge < -0.3 is 10.1 Å². The first-order valence-electron chi connectivity index (χ1n) is 5.02. The molecule has 0 aromatic carbocycles. The van der Waals surface area contributed by atoms with Crippen LogP contribution in [-0.2, 0) is 4.74 Å². The molecule has 1 aromatic heterocycles. The second-order valence-corrected chi connectivity index (χ2v) is 4.10. The summed E-state index contributed by atoms with van der Waals surface area (Å²) in [6.45, 7) is 2.72. The number of aromatic nitrogens is 2. The minimum absolute atomic E-state index is 0.775. The van der Waals surface area contributed by atoms with E-state index in [4.69, 9.17) is 4.74 Å². The third kappa shape index (κ3) is 6.43. The summed E-state index contributed by atoms with van der Waals surface area (Å²) in [5, 5.41) is 4.29. The molecule has 4 nitrogen and oxygen atoms in total. The van der Waals surface area contributed by atoms with Gasteiger partial charge in [-0.15, -0.1) is 11.8 Å². The summed E-state index contributed by atoms with van der Waals surface area (Å²) in [6, 6.07) is 0. The Kier molecular flexibility index (Phi) is 7.16. The van der Waals surface area contributed by atoms with Crippen LogP contribution in [0.2, 0.25) is 0 Å². The van der Waals surface area contributed by atoms with Gasteiger partial charge in [-0.05, 0) is 13.0 Å². The Hall–Kier alpha value is -0.650. The predicted octanol–water partition coefficient (Wildman–Crippen LogP) is 1.19. The molecule has 1 heterocycles. The minimum atomic E-state index is 0.775. The van der Waals surface area contributed by atoms with Crippen LogP contribution < -0.4 is 5.32 Å². The molecule has 1 rings (SSSR count). The molecule has 0 radical (unpaired) electrons. The molecular formula is C10H17N3OS. The molecule has 0 atom stereocenters. The highest BCUT2D eigenvalue weighted by molar-refractivity contribution is 7.99. The fourth-order valence-corrected chi connectivity index (χ4v) is 1.80. The summed E-state index contributed by atoms with van der Waals surface area (Å²) in [5.74, 6) is 1.07. The summed E-state index contributed by atoms with van der Waals surface area (Å²) in [4.78, 5) is 8.19. The van der Waals surface area contributed by atoms with E-state index in [1.165, 1.54) is 0 Å². The van der Waals surface area contributed by atoms with Gasteiger partial charge in [-0.2, -0.15) is 0 Å². The Morgan fingerprint density at radius 3 is 3.07 bits per heavy atom. The second-order valence-electron chi connectivity index (χ2n) is 2.99. The SMILES string of the molecule is COCCNCCCSc1cnccn1. The van der Waals surface area contributed by atoms with Gasteiger partial charge in [-0.1, -0.05) is 0 Å². The lowest BCUT2D eigenvalue weighted by molar-refractivity contribution is 0.199. The van der Waals surface area contributed by atoms with Gasteiger partial charge in [0.15, 0.2) is 0 Å². The van der Waals surface area contributed by atoms with Gasteiger partial charge in [-0.25, -0.2) is 4.98 Å². The monoisotopic (exact) mass is 227 g/mol. The highest BCUT2D eigenvalue weighted by Crippen LogP contribution is 2.13. The van der Waals surface area contributed by atoms with Crippen molar-refractivity contribution in [1.29, 1.82) is 0 Å². The maximum Gasteiger partial charge on any atom is 0.114 e. The smallest absolute Gasteiger partial charge is 0.114 e. The van der Waals surface area contributed by atoms with E-state index in [1.54, 1.807) is 37.5 Å². The molecule has 15 heavy (non-hydrogen) atoms. The third-order valence-electron chi connectivity index (χ3n) is 1.77. The molecule has 0 aliphatic carbocycles. The molecular weight excluding hydrogens is 210 g/mol. The summed E-state index contributed by atoms with van der Waals surface area (Å²) in [6.07, 6.45) is 6.34. The zero-order valence-electron chi connectivity index (χ0n) is 8.98. The van der Waals surface area contributed by atoms with E-state index in [2.05, 4.69) is 15.3 Å². The van der Waals surface area contributed by atoms with E-state index < -0.39 is 0 Å². The predicted molar refractivity (Wildman–Crippen MR) is 62.1 cm³/mol. The molecule has 1 aromatic rings. The minimum Gasteiger partial charge on any atom is -0.383 e. The van der Waals surface area contributed by atoms with Gasteiger partial charge in [0.25, 0.3) is 0 Å². The van der Waals surface area contributed by atoms with Crippen molar-refractivity contribution in [2.75, 3.05) is 32.6 Å². The van der Waals surface area contributed by atoms with Crippen molar-refractivity contribution in [1.82, 2.24) is 15.3 Å². The Morgan fingerprint density at radius 2 is 2.33 bits per heavy atom. The average molecular weight is 227 g/mol. The van der Waals surface area contributed by atoms with Gasteiger partial charge >= 0.3 is 0 Å². The van der Waals surface area contributed by atoms with Gasteiger partial charge in [-0.3, -0.25) is 4.98 Å². The maximum absolute atomic E-state index is 4.93.